The number of benzene rings is 3. The number of hydrazone groups is 1. The van der Waals surface area contributed by atoms with Gasteiger partial charge >= 0.3 is 0 Å². The number of nitrogens with two attached hydrogens (primary N) is 1. The van der Waals surface area contributed by atoms with Crippen molar-refractivity contribution >= 4 is 56.5 Å². The van der Waals surface area contributed by atoms with Crippen LogP contribution >= 0.6 is 46.3 Å². The highest BCUT2D eigenvalue weighted by atomic mass is 35.5. The molecule has 3 aromatic carbocycles. The van der Waals surface area contributed by atoms with Crippen LogP contribution in [0.3, 0.4) is 0 Å². The van der Waals surface area contributed by atoms with Gasteiger partial charge in [0.2, 0.25) is 5.13 Å². The van der Waals surface area contributed by atoms with E-state index in [1.165, 1.54) is 11.3 Å². The van der Waals surface area contributed by atoms with Crippen molar-refractivity contribution in [2.45, 2.75) is 44.5 Å². The Balaban J connectivity index is 1.60. The van der Waals surface area contributed by atoms with Crippen molar-refractivity contribution in [2.24, 2.45) is 10.8 Å². The van der Waals surface area contributed by atoms with Crippen molar-refractivity contribution in [2.75, 3.05) is 5.01 Å². The van der Waals surface area contributed by atoms with Gasteiger partial charge in [0.15, 0.2) is 0 Å². The van der Waals surface area contributed by atoms with E-state index in [1.54, 1.807) is 11.8 Å². The van der Waals surface area contributed by atoms with Crippen LogP contribution in [0.15, 0.2) is 71.8 Å². The Bertz CT molecular complexity index is 1460. The lowest BCUT2D eigenvalue weighted by Gasteiger charge is -2.36. The summed E-state index contributed by atoms with van der Waals surface area (Å²) < 4.78 is 0. The predicted octanol–water partition coefficient (Wildman–Crippen LogP) is 8.02. The lowest BCUT2D eigenvalue weighted by molar-refractivity contribution is 0.485. The molecule has 0 amide bonds. The maximum atomic E-state index is 6.76. The predicted molar refractivity (Wildman–Crippen MR) is 158 cm³/mol. The normalized spacial score (nSPS) is 18.2. The van der Waals surface area contributed by atoms with Crippen LogP contribution in [0.4, 0.5) is 5.13 Å². The van der Waals surface area contributed by atoms with E-state index in [2.05, 4.69) is 60.4 Å². The second-order valence-corrected chi connectivity index (χ2v) is 12.5. The summed E-state index contributed by atoms with van der Waals surface area (Å²) in [5, 5.41) is 19.7. The number of rotatable bonds is 7. The fourth-order valence-corrected chi connectivity index (χ4v) is 7.21. The summed E-state index contributed by atoms with van der Waals surface area (Å²) in [6.45, 7) is 6.06. The van der Waals surface area contributed by atoms with Gasteiger partial charge in [-0.2, -0.15) is 5.10 Å². The van der Waals surface area contributed by atoms with E-state index in [0.717, 1.165) is 43.0 Å². The van der Waals surface area contributed by atoms with Gasteiger partial charge in [-0.1, -0.05) is 106 Å². The fraction of sp³-hybridized carbons (Fsp3) is 0.250. The van der Waals surface area contributed by atoms with Gasteiger partial charge < -0.3 is 5.73 Å². The molecule has 9 heteroatoms. The molecule has 2 N–H and O–H groups in total. The van der Waals surface area contributed by atoms with Crippen molar-refractivity contribution in [1.82, 2.24) is 10.2 Å². The third-order valence-electron chi connectivity index (χ3n) is 6.42. The number of aryl methyl sites for hydroxylation is 3. The summed E-state index contributed by atoms with van der Waals surface area (Å²) in [6, 6.07) is 22.2. The van der Waals surface area contributed by atoms with Crippen molar-refractivity contribution in [1.29, 1.82) is 0 Å². The van der Waals surface area contributed by atoms with Crippen LogP contribution in [0.25, 0.3) is 0 Å². The molecule has 190 valence electrons. The van der Waals surface area contributed by atoms with E-state index in [9.17, 15) is 0 Å². The molecule has 5 nitrogen and oxygen atoms in total. The number of hydrogen-bond donors (Lipinski definition) is 1. The van der Waals surface area contributed by atoms with E-state index in [0.29, 0.717) is 22.9 Å². The molecule has 4 aromatic rings. The minimum atomic E-state index is -0.594. The highest BCUT2D eigenvalue weighted by molar-refractivity contribution is 8.15. The summed E-state index contributed by atoms with van der Waals surface area (Å²) in [5.41, 5.74) is 12.0. The second kappa shape index (κ2) is 10.8. The molecule has 0 saturated heterocycles. The fourth-order valence-electron chi connectivity index (χ4n) is 4.51. The maximum Gasteiger partial charge on any atom is 0.230 e. The zero-order chi connectivity index (χ0) is 26.2. The number of nitrogens with zero attached hydrogens (tertiary/aromatic N) is 4. The lowest BCUT2D eigenvalue weighted by atomic mass is 9.94. The second-order valence-electron chi connectivity index (χ2n) is 9.23. The Kier molecular flexibility index (Phi) is 7.61. The Morgan fingerprint density at radius 1 is 0.919 bits per heavy atom. The van der Waals surface area contributed by atoms with Gasteiger partial charge in [-0.25, -0.2) is 5.01 Å². The van der Waals surface area contributed by atoms with Gasteiger partial charge in [-0.3, -0.25) is 0 Å². The Morgan fingerprint density at radius 2 is 1.62 bits per heavy atom. The first-order valence-corrected chi connectivity index (χ1v) is 14.4. The SMILES string of the molecule is Cc1ccc(Cl)c(C2=NN(c3nnc(C)s3)C(CCC(N)c3cc(C)ccc3Cl)(c3ccccc3)S2)c1. The summed E-state index contributed by atoms with van der Waals surface area (Å²) in [7, 11) is 0. The molecule has 37 heavy (non-hydrogen) atoms. The standard InChI is InChI=1S/C28H27Cl2N5S2/c1-17-9-11-23(29)21(15-17)25(31)13-14-28(20-7-5-4-6-8-20)35(27-33-32-19(3)36-27)34-26(37-28)22-16-18(2)10-12-24(22)30/h4-12,15-16,25H,13-14,31H2,1-3H3. The van der Waals surface area contributed by atoms with E-state index in [-0.39, 0.29) is 6.04 Å². The first-order valence-electron chi connectivity index (χ1n) is 12.0. The van der Waals surface area contributed by atoms with Crippen LogP contribution < -0.4 is 10.7 Å². The average Bonchev–Trinajstić information content (AvgIpc) is 3.50. The molecule has 5 rings (SSSR count). The van der Waals surface area contributed by atoms with Crippen LogP contribution in [0.5, 0.6) is 0 Å². The van der Waals surface area contributed by atoms with Crippen molar-refractivity contribution in [3.8, 4) is 0 Å². The number of halogens is 2. The number of hydrogen-bond acceptors (Lipinski definition) is 7. The summed E-state index contributed by atoms with van der Waals surface area (Å²) >= 11 is 16.4. The summed E-state index contributed by atoms with van der Waals surface area (Å²) in [6.07, 6.45) is 1.38. The highest BCUT2D eigenvalue weighted by Crippen LogP contribution is 2.53. The van der Waals surface area contributed by atoms with Crippen LogP contribution in [-0.4, -0.2) is 15.2 Å². The van der Waals surface area contributed by atoms with Crippen molar-refractivity contribution in [3.63, 3.8) is 0 Å². The first kappa shape index (κ1) is 26.2. The van der Waals surface area contributed by atoms with Gasteiger partial charge in [0, 0.05) is 16.6 Å². The molecule has 1 aromatic heterocycles. The topological polar surface area (TPSA) is 67.4 Å². The molecule has 2 unspecified atom stereocenters. The molecule has 2 heterocycles. The quantitative estimate of drug-likeness (QED) is 0.245. The zero-order valence-electron chi connectivity index (χ0n) is 20.8. The third-order valence-corrected chi connectivity index (χ3v) is 9.35. The molecule has 0 radical (unpaired) electrons. The molecule has 0 saturated carbocycles. The molecule has 2 atom stereocenters. The molecule has 0 aliphatic carbocycles. The molecular formula is C28H27Cl2N5S2. The Hall–Kier alpha value is -2.42. The van der Waals surface area contributed by atoms with Gasteiger partial charge in [-0.15, -0.1) is 10.2 Å². The monoisotopic (exact) mass is 567 g/mol. The molecular weight excluding hydrogens is 541 g/mol. The molecule has 0 bridgehead atoms. The Labute approximate surface area is 235 Å². The van der Waals surface area contributed by atoms with E-state index in [4.69, 9.17) is 34.0 Å². The van der Waals surface area contributed by atoms with Crippen molar-refractivity contribution < 1.29 is 0 Å². The number of thioether (sulfide) groups is 1. The summed E-state index contributed by atoms with van der Waals surface area (Å²) in [4.78, 5) is -0.594. The average molecular weight is 569 g/mol. The van der Waals surface area contributed by atoms with Gasteiger partial charge in [-0.05, 0) is 62.9 Å². The molecule has 0 fully saturated rings. The minimum absolute atomic E-state index is 0.238. The van der Waals surface area contributed by atoms with E-state index < -0.39 is 4.87 Å². The van der Waals surface area contributed by atoms with E-state index in [1.807, 2.05) is 42.3 Å². The molecule has 1 aliphatic rings. The van der Waals surface area contributed by atoms with E-state index >= 15 is 0 Å². The number of aromatic nitrogens is 2. The van der Waals surface area contributed by atoms with Gasteiger partial charge in [0.1, 0.15) is 14.9 Å². The first-order chi connectivity index (χ1) is 17.8. The lowest BCUT2D eigenvalue weighted by Crippen LogP contribution is -2.38. The van der Waals surface area contributed by atoms with Crippen LogP contribution in [0, 0.1) is 20.8 Å². The molecule has 0 spiro atoms. The van der Waals surface area contributed by atoms with Crippen molar-refractivity contribution in [3.05, 3.63) is 110 Å². The highest BCUT2D eigenvalue weighted by Gasteiger charge is 2.48. The zero-order valence-corrected chi connectivity index (χ0v) is 23.9. The van der Waals surface area contributed by atoms with Crippen LogP contribution in [0.1, 0.15) is 51.7 Å². The minimum Gasteiger partial charge on any atom is -0.324 e. The van der Waals surface area contributed by atoms with Crippen LogP contribution in [0.2, 0.25) is 10.0 Å². The van der Waals surface area contributed by atoms with Gasteiger partial charge in [0.25, 0.3) is 0 Å². The van der Waals surface area contributed by atoms with Gasteiger partial charge in [0.05, 0.1) is 5.02 Å². The third kappa shape index (κ3) is 5.29. The summed E-state index contributed by atoms with van der Waals surface area (Å²) in [5.74, 6) is 0. The number of anilines is 1. The maximum absolute atomic E-state index is 6.76. The van der Waals surface area contributed by atoms with Crippen LogP contribution in [-0.2, 0) is 4.87 Å². The smallest absolute Gasteiger partial charge is 0.230 e. The Morgan fingerprint density at radius 3 is 2.32 bits per heavy atom. The largest absolute Gasteiger partial charge is 0.324 e. The molecule has 1 aliphatic heterocycles.